The van der Waals surface area contributed by atoms with Crippen LogP contribution in [-0.2, 0) is 23.7 Å². The second-order valence-corrected chi connectivity index (χ2v) is 19.6. The summed E-state index contributed by atoms with van der Waals surface area (Å²) in [6, 6.07) is 0. The van der Waals surface area contributed by atoms with Gasteiger partial charge in [-0.2, -0.15) is 0 Å². The van der Waals surface area contributed by atoms with E-state index in [-0.39, 0.29) is 58.1 Å². The first-order valence-corrected chi connectivity index (χ1v) is 20.0. The fraction of sp³-hybridized carbons (Fsp3) is 0.975. The van der Waals surface area contributed by atoms with Crippen molar-refractivity contribution in [1.82, 2.24) is 10.2 Å². The van der Waals surface area contributed by atoms with Crippen LogP contribution < -0.4 is 5.32 Å². The monoisotopic (exact) mass is 686 g/mol. The second kappa shape index (κ2) is 11.6. The molecule has 9 heteroatoms. The van der Waals surface area contributed by atoms with E-state index in [0.29, 0.717) is 55.4 Å². The van der Waals surface area contributed by atoms with Crippen LogP contribution in [0, 0.1) is 56.7 Å². The number of hydrogen-bond donors (Lipinski definition) is 3. The standard InChI is InChI=1S/C40H66N2O7/c1-9-46-33(36(5,6)45)25-18-23(2)30-31(48-25)32(43)38(8)27-11-10-26-35(3,4)28(12-13-39(26)22-40(27,39)15-14-37(30,38)7)49-29-21-42(16-17-47-29)34(44)24-19-41-20-24/h23-33,41,43,45H,9-22H2,1-8H3. The molecule has 3 aliphatic heterocycles. The molecule has 5 aliphatic carbocycles. The second-order valence-electron chi connectivity index (χ2n) is 19.6. The molecule has 0 aromatic heterocycles. The lowest BCUT2D eigenvalue weighted by molar-refractivity contribution is -0.248. The zero-order valence-corrected chi connectivity index (χ0v) is 31.6. The zero-order valence-electron chi connectivity index (χ0n) is 31.6. The van der Waals surface area contributed by atoms with Crippen LogP contribution in [0.5, 0.6) is 0 Å². The summed E-state index contributed by atoms with van der Waals surface area (Å²) in [5, 5.41) is 26.9. The van der Waals surface area contributed by atoms with Crippen LogP contribution in [0.4, 0.5) is 0 Å². The molecule has 49 heavy (non-hydrogen) atoms. The van der Waals surface area contributed by atoms with Gasteiger partial charge in [0.05, 0.1) is 49.1 Å². The fourth-order valence-electron chi connectivity index (χ4n) is 14.5. The van der Waals surface area contributed by atoms with E-state index in [1.807, 2.05) is 25.7 Å². The summed E-state index contributed by atoms with van der Waals surface area (Å²) >= 11 is 0. The van der Waals surface area contributed by atoms with Crippen molar-refractivity contribution in [2.24, 2.45) is 56.7 Å². The first-order chi connectivity index (χ1) is 23.0. The van der Waals surface area contributed by atoms with Gasteiger partial charge >= 0.3 is 0 Å². The number of rotatable bonds is 7. The maximum Gasteiger partial charge on any atom is 0.228 e. The number of morpholine rings is 1. The molecule has 5 saturated carbocycles. The lowest BCUT2D eigenvalue weighted by Crippen LogP contribution is -2.60. The van der Waals surface area contributed by atoms with Gasteiger partial charge < -0.3 is 39.4 Å². The van der Waals surface area contributed by atoms with Gasteiger partial charge in [0.1, 0.15) is 6.10 Å². The van der Waals surface area contributed by atoms with E-state index in [2.05, 4.69) is 39.9 Å². The number of fused-ring (bicyclic) bond motifs is 4. The number of ether oxygens (including phenoxy) is 4. The van der Waals surface area contributed by atoms with Crippen molar-refractivity contribution in [2.75, 3.05) is 39.4 Å². The molecule has 9 nitrogen and oxygen atoms in total. The lowest BCUT2D eigenvalue weighted by atomic mass is 9.41. The number of nitrogens with zero attached hydrogens (tertiary/aromatic N) is 1. The Hall–Kier alpha value is -0.810. The molecular weight excluding hydrogens is 620 g/mol. The van der Waals surface area contributed by atoms with E-state index < -0.39 is 17.8 Å². The number of carbonyl (C=O) groups excluding carboxylic acids is 1. The normalized spacial score (nSPS) is 51.0. The van der Waals surface area contributed by atoms with E-state index in [9.17, 15) is 15.0 Å². The topological polar surface area (TPSA) is 110 Å². The number of hydrogen-bond acceptors (Lipinski definition) is 8. The molecule has 0 radical (unpaired) electrons. The Morgan fingerprint density at radius 3 is 2.45 bits per heavy atom. The third kappa shape index (κ3) is 4.77. The van der Waals surface area contributed by atoms with E-state index in [4.69, 9.17) is 18.9 Å². The Labute approximate surface area is 294 Å². The van der Waals surface area contributed by atoms with Crippen LogP contribution in [0.2, 0.25) is 0 Å². The van der Waals surface area contributed by atoms with Crippen molar-refractivity contribution in [3.63, 3.8) is 0 Å². The van der Waals surface area contributed by atoms with Crippen molar-refractivity contribution in [3.8, 4) is 0 Å². The molecule has 0 aromatic carbocycles. The summed E-state index contributed by atoms with van der Waals surface area (Å²) in [5.74, 6) is 2.05. The van der Waals surface area contributed by atoms with Crippen LogP contribution in [0.25, 0.3) is 0 Å². The van der Waals surface area contributed by atoms with Crippen molar-refractivity contribution >= 4 is 5.91 Å². The van der Waals surface area contributed by atoms with Crippen molar-refractivity contribution in [1.29, 1.82) is 0 Å². The van der Waals surface area contributed by atoms with Crippen LogP contribution in [0.1, 0.15) is 107 Å². The molecule has 14 unspecified atom stereocenters. The Morgan fingerprint density at radius 2 is 1.78 bits per heavy atom. The van der Waals surface area contributed by atoms with E-state index in [1.54, 1.807) is 0 Å². The van der Waals surface area contributed by atoms with Crippen molar-refractivity contribution in [2.45, 2.75) is 149 Å². The first kappa shape index (κ1) is 35.2. The van der Waals surface area contributed by atoms with Gasteiger partial charge in [0.2, 0.25) is 5.91 Å². The molecule has 8 fully saturated rings. The minimum Gasteiger partial charge on any atom is -0.390 e. The highest BCUT2D eigenvalue weighted by Gasteiger charge is 2.84. The number of amides is 1. The average Bonchev–Trinajstić information content (AvgIpc) is 3.64. The third-order valence-electron chi connectivity index (χ3n) is 16.9. The molecule has 3 N–H and O–H groups in total. The number of aliphatic hydroxyl groups is 2. The minimum absolute atomic E-state index is 0.000425. The summed E-state index contributed by atoms with van der Waals surface area (Å²) in [4.78, 5) is 15.0. The molecule has 0 bridgehead atoms. The van der Waals surface area contributed by atoms with Gasteiger partial charge in [0, 0.05) is 31.7 Å². The van der Waals surface area contributed by atoms with Gasteiger partial charge in [-0.15, -0.1) is 0 Å². The predicted octanol–water partition coefficient (Wildman–Crippen LogP) is 4.77. The smallest absolute Gasteiger partial charge is 0.228 e. The van der Waals surface area contributed by atoms with E-state index in [1.165, 1.54) is 25.7 Å². The number of aliphatic hydroxyl groups excluding tert-OH is 1. The molecule has 278 valence electrons. The van der Waals surface area contributed by atoms with E-state index in [0.717, 1.165) is 38.8 Å². The highest BCUT2D eigenvalue weighted by molar-refractivity contribution is 5.80. The molecule has 3 saturated heterocycles. The Kier molecular flexibility index (Phi) is 8.34. The Bertz CT molecular complexity index is 1300. The minimum atomic E-state index is -1.02. The van der Waals surface area contributed by atoms with Gasteiger partial charge in [-0.05, 0) is 117 Å². The van der Waals surface area contributed by atoms with Gasteiger partial charge in [0.15, 0.2) is 6.29 Å². The van der Waals surface area contributed by atoms with Crippen LogP contribution in [0.15, 0.2) is 0 Å². The molecule has 2 spiro atoms. The number of nitrogens with one attached hydrogen (secondary N) is 1. The predicted molar refractivity (Wildman–Crippen MR) is 185 cm³/mol. The maximum atomic E-state index is 13.0. The largest absolute Gasteiger partial charge is 0.390 e. The fourth-order valence-corrected chi connectivity index (χ4v) is 14.5. The van der Waals surface area contributed by atoms with Crippen LogP contribution >= 0.6 is 0 Å². The van der Waals surface area contributed by atoms with Gasteiger partial charge in [0.25, 0.3) is 0 Å². The summed E-state index contributed by atoms with van der Waals surface area (Å²) in [5.41, 5.74) is -0.681. The summed E-state index contributed by atoms with van der Waals surface area (Å²) in [7, 11) is 0. The zero-order chi connectivity index (χ0) is 34.9. The molecule has 1 amide bonds. The van der Waals surface area contributed by atoms with E-state index >= 15 is 0 Å². The molecule has 14 atom stereocenters. The Balaban J connectivity index is 1.01. The maximum absolute atomic E-state index is 13.0. The highest BCUT2D eigenvalue weighted by Crippen LogP contribution is 2.89. The van der Waals surface area contributed by atoms with Crippen molar-refractivity contribution in [3.05, 3.63) is 0 Å². The van der Waals surface area contributed by atoms with Crippen LogP contribution in [0.3, 0.4) is 0 Å². The van der Waals surface area contributed by atoms with Gasteiger partial charge in [-0.3, -0.25) is 4.79 Å². The molecule has 8 rings (SSSR count). The molecule has 3 heterocycles. The summed E-state index contributed by atoms with van der Waals surface area (Å²) in [6.07, 6.45) is 7.35. The van der Waals surface area contributed by atoms with Gasteiger partial charge in [-0.25, -0.2) is 0 Å². The Morgan fingerprint density at radius 1 is 1.06 bits per heavy atom. The molecule has 0 aromatic rings. The number of carbonyl (C=O) groups is 1. The summed E-state index contributed by atoms with van der Waals surface area (Å²) in [6.45, 7) is 21.6. The average molecular weight is 687 g/mol. The quantitative estimate of drug-likeness (QED) is 0.352. The first-order valence-electron chi connectivity index (χ1n) is 20.0. The summed E-state index contributed by atoms with van der Waals surface area (Å²) < 4.78 is 26.1. The van der Waals surface area contributed by atoms with Crippen LogP contribution in [-0.4, -0.2) is 103 Å². The SMILES string of the molecule is CCOC(C1CC(C)C2C(O1)C(O)C1(C)C3CCC4C(C)(C)C(OC5CN(C(=O)C6CNC6)CCO5)CCC45CC35CCC21C)C(C)(C)O. The van der Waals surface area contributed by atoms with Crippen molar-refractivity contribution < 1.29 is 34.0 Å². The van der Waals surface area contributed by atoms with Gasteiger partial charge in [-0.1, -0.05) is 34.6 Å². The molecular formula is C40H66N2O7. The lowest BCUT2D eigenvalue weighted by Gasteiger charge is -2.64. The third-order valence-corrected chi connectivity index (χ3v) is 16.9. The molecule has 8 aliphatic rings. The highest BCUT2D eigenvalue weighted by atomic mass is 16.7.